The van der Waals surface area contributed by atoms with Crippen LogP contribution in [0.1, 0.15) is 12.5 Å². The zero-order chi connectivity index (χ0) is 15.2. The van der Waals surface area contributed by atoms with E-state index in [4.69, 9.17) is 5.73 Å². The maximum atomic E-state index is 13.9. The van der Waals surface area contributed by atoms with Crippen LogP contribution in [0.2, 0.25) is 0 Å². The van der Waals surface area contributed by atoms with Gasteiger partial charge in [0.1, 0.15) is 10.7 Å². The van der Waals surface area contributed by atoms with Crippen LogP contribution in [0.4, 0.5) is 4.39 Å². The van der Waals surface area contributed by atoms with Crippen molar-refractivity contribution in [1.29, 1.82) is 0 Å². The molecule has 1 rings (SSSR count). The van der Waals surface area contributed by atoms with Crippen molar-refractivity contribution in [2.45, 2.75) is 17.9 Å². The van der Waals surface area contributed by atoms with E-state index in [1.54, 1.807) is 6.92 Å². The summed E-state index contributed by atoms with van der Waals surface area (Å²) in [5.41, 5.74) is 5.61. The highest BCUT2D eigenvalue weighted by Crippen LogP contribution is 2.16. The summed E-state index contributed by atoms with van der Waals surface area (Å²) in [5.74, 6) is 5.02. The minimum absolute atomic E-state index is 0.162. The number of benzene rings is 1. The zero-order valence-corrected chi connectivity index (χ0v) is 12.9. The van der Waals surface area contributed by atoms with Crippen molar-refractivity contribution in [3.05, 3.63) is 29.6 Å². The summed E-state index contributed by atoms with van der Waals surface area (Å²) in [7, 11) is -3.86. The van der Waals surface area contributed by atoms with Crippen molar-refractivity contribution in [2.75, 3.05) is 18.6 Å². The highest BCUT2D eigenvalue weighted by molar-refractivity contribution is 7.98. The first kappa shape index (κ1) is 17.0. The highest BCUT2D eigenvalue weighted by atomic mass is 32.2. The lowest BCUT2D eigenvalue weighted by Gasteiger charge is -2.13. The van der Waals surface area contributed by atoms with Crippen LogP contribution in [0.3, 0.4) is 0 Å². The van der Waals surface area contributed by atoms with Crippen LogP contribution in [0, 0.1) is 17.7 Å². The molecule has 0 saturated carbocycles. The van der Waals surface area contributed by atoms with E-state index in [1.165, 1.54) is 23.9 Å². The highest BCUT2D eigenvalue weighted by Gasteiger charge is 2.21. The molecule has 0 aliphatic rings. The first-order chi connectivity index (χ1) is 9.40. The molecule has 0 spiro atoms. The maximum Gasteiger partial charge on any atom is 0.243 e. The van der Waals surface area contributed by atoms with Gasteiger partial charge in [0, 0.05) is 17.4 Å². The quantitative estimate of drug-likeness (QED) is 0.800. The van der Waals surface area contributed by atoms with E-state index < -0.39 is 15.8 Å². The number of nitrogens with two attached hydrogens (primary N) is 1. The molecule has 1 unspecified atom stereocenters. The molecule has 7 heteroatoms. The van der Waals surface area contributed by atoms with Gasteiger partial charge < -0.3 is 5.73 Å². The van der Waals surface area contributed by atoms with Crippen LogP contribution in [-0.2, 0) is 10.0 Å². The fourth-order valence-electron chi connectivity index (χ4n) is 1.56. The van der Waals surface area contributed by atoms with Gasteiger partial charge in [-0.2, -0.15) is 11.8 Å². The Morgan fingerprint density at radius 1 is 1.50 bits per heavy atom. The van der Waals surface area contributed by atoms with Gasteiger partial charge in [-0.3, -0.25) is 0 Å². The fraction of sp³-hybridized carbons (Fsp3) is 0.385. The van der Waals surface area contributed by atoms with E-state index in [0.717, 1.165) is 6.07 Å². The van der Waals surface area contributed by atoms with Crippen molar-refractivity contribution < 1.29 is 12.8 Å². The van der Waals surface area contributed by atoms with E-state index >= 15 is 0 Å². The normalized spacial score (nSPS) is 12.6. The van der Waals surface area contributed by atoms with Gasteiger partial charge in [0.15, 0.2) is 0 Å². The molecule has 0 aromatic heterocycles. The average molecular weight is 316 g/mol. The number of rotatable bonds is 5. The second-order valence-corrected chi connectivity index (χ2v) is 6.72. The molecule has 4 nitrogen and oxygen atoms in total. The molecule has 1 aromatic rings. The molecular formula is C13H17FN2O2S2. The summed E-state index contributed by atoms with van der Waals surface area (Å²) in [6.45, 7) is 1.89. The molecule has 1 aromatic carbocycles. The van der Waals surface area contributed by atoms with Crippen molar-refractivity contribution in [1.82, 2.24) is 4.72 Å². The molecule has 0 bridgehead atoms. The summed E-state index contributed by atoms with van der Waals surface area (Å²) in [6, 6.07) is 3.49. The maximum absolute atomic E-state index is 13.9. The average Bonchev–Trinajstić information content (AvgIpc) is 2.35. The summed E-state index contributed by atoms with van der Waals surface area (Å²) in [6.07, 6.45) is 1.87. The molecule has 0 radical (unpaired) electrons. The zero-order valence-electron chi connectivity index (χ0n) is 11.3. The topological polar surface area (TPSA) is 72.2 Å². The van der Waals surface area contributed by atoms with E-state index in [9.17, 15) is 12.8 Å². The van der Waals surface area contributed by atoms with Crippen molar-refractivity contribution >= 4 is 21.8 Å². The number of sulfonamides is 1. The number of halogens is 1. The van der Waals surface area contributed by atoms with Gasteiger partial charge in [-0.05, 0) is 31.4 Å². The molecule has 0 aliphatic carbocycles. The summed E-state index contributed by atoms with van der Waals surface area (Å²) in [4.78, 5) is -0.372. The monoisotopic (exact) mass is 316 g/mol. The van der Waals surface area contributed by atoms with Gasteiger partial charge in [0.2, 0.25) is 10.0 Å². The van der Waals surface area contributed by atoms with Gasteiger partial charge in [-0.15, -0.1) is 0 Å². The molecule has 0 fully saturated rings. The predicted molar refractivity (Wildman–Crippen MR) is 80.5 cm³/mol. The van der Waals surface area contributed by atoms with E-state index in [2.05, 4.69) is 16.6 Å². The van der Waals surface area contributed by atoms with Gasteiger partial charge in [-0.25, -0.2) is 17.5 Å². The van der Waals surface area contributed by atoms with E-state index in [0.29, 0.717) is 11.3 Å². The molecule has 0 saturated heterocycles. The fourth-order valence-corrected chi connectivity index (χ4v) is 3.55. The van der Waals surface area contributed by atoms with Crippen LogP contribution in [0.5, 0.6) is 0 Å². The molecule has 20 heavy (non-hydrogen) atoms. The van der Waals surface area contributed by atoms with Gasteiger partial charge in [-0.1, -0.05) is 11.8 Å². The SMILES string of the molecule is CSCC(C)NS(=O)(=O)c1ccc(C#CCN)cc1F. The van der Waals surface area contributed by atoms with Gasteiger partial charge >= 0.3 is 0 Å². The van der Waals surface area contributed by atoms with Gasteiger partial charge in [0.05, 0.1) is 6.54 Å². The Bertz CT molecular complexity index is 621. The lowest BCUT2D eigenvalue weighted by molar-refractivity contribution is 0.550. The number of hydrogen-bond acceptors (Lipinski definition) is 4. The van der Waals surface area contributed by atoms with Crippen LogP contribution in [0.15, 0.2) is 23.1 Å². The largest absolute Gasteiger partial charge is 0.320 e. The number of nitrogens with one attached hydrogen (secondary N) is 1. The Hall–Kier alpha value is -1.07. The third-order valence-electron chi connectivity index (χ3n) is 2.33. The molecule has 0 heterocycles. The second kappa shape index (κ2) is 7.64. The lowest BCUT2D eigenvalue weighted by atomic mass is 10.2. The van der Waals surface area contributed by atoms with Crippen molar-refractivity contribution in [3.63, 3.8) is 0 Å². The Labute approximate surface area is 123 Å². The minimum atomic E-state index is -3.86. The molecule has 1 atom stereocenters. The summed E-state index contributed by atoms with van der Waals surface area (Å²) in [5, 5.41) is 0. The molecule has 3 N–H and O–H groups in total. The summed E-state index contributed by atoms with van der Waals surface area (Å²) < 4.78 is 40.4. The minimum Gasteiger partial charge on any atom is -0.320 e. The Morgan fingerprint density at radius 3 is 2.75 bits per heavy atom. The molecule has 0 aliphatic heterocycles. The van der Waals surface area contributed by atoms with Crippen LogP contribution < -0.4 is 10.5 Å². The first-order valence-electron chi connectivity index (χ1n) is 5.90. The number of thioether (sulfide) groups is 1. The van der Waals surface area contributed by atoms with Crippen LogP contribution in [0.25, 0.3) is 0 Å². The Morgan fingerprint density at radius 2 is 2.20 bits per heavy atom. The standard InChI is InChI=1S/C13H17FN2O2S2/c1-10(9-19-2)16-20(17,18)13-6-5-11(4-3-7-15)8-12(13)14/h5-6,8,10,16H,7,9,15H2,1-2H3. The van der Waals surface area contributed by atoms with Crippen LogP contribution >= 0.6 is 11.8 Å². The van der Waals surface area contributed by atoms with Crippen molar-refractivity contribution in [2.24, 2.45) is 5.73 Å². The van der Waals surface area contributed by atoms with Gasteiger partial charge in [0.25, 0.3) is 0 Å². The first-order valence-corrected chi connectivity index (χ1v) is 8.78. The van der Waals surface area contributed by atoms with E-state index in [-0.39, 0.29) is 17.5 Å². The third kappa shape index (κ3) is 4.80. The lowest BCUT2D eigenvalue weighted by Crippen LogP contribution is -2.34. The van der Waals surface area contributed by atoms with Crippen LogP contribution in [-0.4, -0.2) is 33.0 Å². The Balaban J connectivity index is 3.01. The molecular weight excluding hydrogens is 299 g/mol. The molecule has 110 valence electrons. The summed E-state index contributed by atoms with van der Waals surface area (Å²) >= 11 is 1.51. The predicted octanol–water partition coefficient (Wildman–Crippen LogP) is 1.17. The second-order valence-electron chi connectivity index (χ2n) is 4.13. The Kier molecular flexibility index (Phi) is 6.49. The smallest absolute Gasteiger partial charge is 0.243 e. The van der Waals surface area contributed by atoms with E-state index in [1.807, 2.05) is 6.26 Å². The third-order valence-corrected chi connectivity index (χ3v) is 4.79. The number of hydrogen-bond donors (Lipinski definition) is 2. The molecule has 0 amide bonds. The van der Waals surface area contributed by atoms with Crippen molar-refractivity contribution in [3.8, 4) is 11.8 Å².